The van der Waals surface area contributed by atoms with Crippen LogP contribution in [0.2, 0.25) is 0 Å². The van der Waals surface area contributed by atoms with E-state index < -0.39 is 0 Å². The highest BCUT2D eigenvalue weighted by Crippen LogP contribution is 2.46. The minimum atomic E-state index is 0.0363. The van der Waals surface area contributed by atoms with Gasteiger partial charge in [0.15, 0.2) is 0 Å². The van der Waals surface area contributed by atoms with Gasteiger partial charge in [-0.05, 0) is 135 Å². The first-order chi connectivity index (χ1) is 33.0. The predicted molar refractivity (Wildman–Crippen MR) is 290 cm³/mol. The van der Waals surface area contributed by atoms with E-state index in [1.54, 1.807) is 0 Å². The van der Waals surface area contributed by atoms with Crippen molar-refractivity contribution in [1.82, 2.24) is 19.9 Å². The highest BCUT2D eigenvalue weighted by atomic mass is 16.2. The maximum Gasteiger partial charge on any atom is 0.224 e. The fourth-order valence-corrected chi connectivity index (χ4v) is 10.7. The summed E-state index contributed by atoms with van der Waals surface area (Å²) in [6.07, 6.45) is 15.1. The molecule has 0 aliphatic carbocycles. The number of carbonyl (C=O) groups excluding carboxylic acids is 2. The van der Waals surface area contributed by atoms with Gasteiger partial charge in [-0.2, -0.15) is 0 Å². The van der Waals surface area contributed by atoms with Gasteiger partial charge in [0.1, 0.15) is 0 Å². The van der Waals surface area contributed by atoms with Crippen molar-refractivity contribution in [3.05, 3.63) is 106 Å². The van der Waals surface area contributed by atoms with Gasteiger partial charge in [-0.25, -0.2) is 9.97 Å². The number of unbranched alkanes of at least 4 members (excludes halogenated alkanes) is 8. The lowest BCUT2D eigenvalue weighted by atomic mass is 9.94. The Morgan fingerprint density at radius 2 is 0.882 bits per heavy atom. The Hall–Kier alpha value is -6.02. The predicted octanol–water partition coefficient (Wildman–Crippen LogP) is 16.7. The lowest BCUT2D eigenvalue weighted by Gasteiger charge is -2.14. The number of para-hydroxylation sites is 2. The Kier molecular flexibility index (Phi) is 16.8. The molecule has 2 aromatic carbocycles. The molecule has 0 spiro atoms. The number of nitrogens with zero attached hydrogens (tertiary/aromatic N) is 2. The maximum atomic E-state index is 13.7. The summed E-state index contributed by atoms with van der Waals surface area (Å²) in [5, 5.41) is 6.70. The summed E-state index contributed by atoms with van der Waals surface area (Å²) in [6, 6.07) is 21.0. The highest BCUT2D eigenvalue weighted by Gasteiger charge is 2.27. The van der Waals surface area contributed by atoms with Crippen molar-refractivity contribution < 1.29 is 9.59 Å². The van der Waals surface area contributed by atoms with Crippen LogP contribution in [0.3, 0.4) is 0 Å². The first-order valence-corrected chi connectivity index (χ1v) is 26.0. The molecule has 5 aromatic rings. The quantitative estimate of drug-likeness (QED) is 0.0582. The Morgan fingerprint density at radius 1 is 0.500 bits per heavy atom. The van der Waals surface area contributed by atoms with E-state index in [9.17, 15) is 9.59 Å². The topological polar surface area (TPSA) is 116 Å². The van der Waals surface area contributed by atoms with Crippen molar-refractivity contribution in [2.24, 2.45) is 0 Å². The summed E-state index contributed by atoms with van der Waals surface area (Å²) < 4.78 is 0. The Labute approximate surface area is 406 Å². The van der Waals surface area contributed by atoms with E-state index in [1.165, 1.54) is 48.0 Å². The summed E-state index contributed by atoms with van der Waals surface area (Å²) in [5.74, 6) is 0.0727. The molecular weight excluding hydrogens is 837 g/mol. The number of amides is 2. The average Bonchev–Trinajstić information content (AvgIpc) is 4.02. The van der Waals surface area contributed by atoms with Gasteiger partial charge in [-0.15, -0.1) is 0 Å². The summed E-state index contributed by atoms with van der Waals surface area (Å²) in [6.45, 7) is 22.1. The van der Waals surface area contributed by atoms with Gasteiger partial charge in [-0.1, -0.05) is 129 Å². The van der Waals surface area contributed by atoms with Crippen molar-refractivity contribution in [2.45, 2.75) is 172 Å². The van der Waals surface area contributed by atoms with Crippen molar-refractivity contribution in [2.75, 3.05) is 10.6 Å². The van der Waals surface area contributed by atoms with Crippen LogP contribution in [0.1, 0.15) is 190 Å². The second kappa shape index (κ2) is 22.9. The average molecular weight is 913 g/mol. The van der Waals surface area contributed by atoms with Crippen LogP contribution < -0.4 is 10.6 Å². The molecule has 68 heavy (non-hydrogen) atoms. The minimum absolute atomic E-state index is 0.0363. The van der Waals surface area contributed by atoms with Crippen molar-refractivity contribution in [3.8, 4) is 22.3 Å². The van der Waals surface area contributed by atoms with Crippen LogP contribution in [0, 0.1) is 13.8 Å². The number of aromatic nitrogens is 4. The van der Waals surface area contributed by atoms with Crippen molar-refractivity contribution >= 4 is 67.5 Å². The van der Waals surface area contributed by atoms with E-state index in [4.69, 9.17) is 9.97 Å². The van der Waals surface area contributed by atoms with Gasteiger partial charge in [0.05, 0.1) is 33.8 Å². The van der Waals surface area contributed by atoms with Gasteiger partial charge in [0.2, 0.25) is 11.8 Å². The third-order valence-electron chi connectivity index (χ3n) is 14.4. The molecule has 0 radical (unpaired) electrons. The molecule has 0 saturated carbocycles. The third kappa shape index (κ3) is 10.4. The first kappa shape index (κ1) is 49.9. The van der Waals surface area contributed by atoms with Crippen LogP contribution in [0.5, 0.6) is 0 Å². The largest absolute Gasteiger partial charge is 0.354 e. The number of hydrogen-bond acceptors (Lipinski definition) is 4. The Bertz CT molecular complexity index is 2710. The Morgan fingerprint density at radius 3 is 1.25 bits per heavy atom. The number of hydrogen-bond donors (Lipinski definition) is 4. The summed E-state index contributed by atoms with van der Waals surface area (Å²) in [4.78, 5) is 46.5. The van der Waals surface area contributed by atoms with E-state index in [2.05, 4.69) is 126 Å². The SMILES string of the molecule is CCCCCCCC(=O)Nc1ccccc1-c1c2nc(cc3[nH]c(c(C)c3CC)c(-c3ccccc3NC(=O)CCCCCCC)c3nc(cc4[nH]c1c(C)c4CC)C(CC)=C3C)C(CC)=C2C. The van der Waals surface area contributed by atoms with Crippen LogP contribution in [-0.4, -0.2) is 31.8 Å². The highest BCUT2D eigenvalue weighted by molar-refractivity contribution is 6.07. The lowest BCUT2D eigenvalue weighted by molar-refractivity contribution is -0.117. The van der Waals surface area contributed by atoms with E-state index in [1.807, 2.05) is 24.3 Å². The summed E-state index contributed by atoms with van der Waals surface area (Å²) in [5.41, 5.74) is 22.5. The Balaban J connectivity index is 1.56. The van der Waals surface area contributed by atoms with E-state index in [0.29, 0.717) is 12.8 Å². The van der Waals surface area contributed by atoms with E-state index in [0.717, 1.165) is 165 Å². The van der Waals surface area contributed by atoms with E-state index >= 15 is 0 Å². The van der Waals surface area contributed by atoms with Gasteiger partial charge in [-0.3, -0.25) is 9.59 Å². The molecule has 3 aromatic heterocycles. The monoisotopic (exact) mass is 913 g/mol. The van der Waals surface area contributed by atoms with Crippen LogP contribution >= 0.6 is 0 Å². The van der Waals surface area contributed by atoms with Gasteiger partial charge in [0.25, 0.3) is 0 Å². The zero-order valence-electron chi connectivity index (χ0n) is 42.8. The molecular formula is C60H76N6O2. The second-order valence-corrected chi connectivity index (χ2v) is 18.9. The van der Waals surface area contributed by atoms with Crippen LogP contribution in [0.15, 0.2) is 60.7 Å². The second-order valence-electron chi connectivity index (χ2n) is 18.9. The van der Waals surface area contributed by atoms with Crippen molar-refractivity contribution in [1.29, 1.82) is 0 Å². The normalized spacial score (nSPS) is 12.6. The molecule has 0 unspecified atom stereocenters. The minimum Gasteiger partial charge on any atom is -0.354 e. The molecule has 8 heteroatoms. The number of aryl methyl sites for hydroxylation is 4. The zero-order valence-corrected chi connectivity index (χ0v) is 42.8. The van der Waals surface area contributed by atoms with Crippen LogP contribution in [-0.2, 0) is 22.4 Å². The number of nitrogens with one attached hydrogen (secondary N) is 4. The zero-order chi connectivity index (χ0) is 48.5. The van der Waals surface area contributed by atoms with Gasteiger partial charge >= 0.3 is 0 Å². The maximum absolute atomic E-state index is 13.7. The fraction of sp³-hybridized carbons (Fsp3) is 0.433. The number of allylic oxidation sites excluding steroid dienone is 4. The number of anilines is 2. The number of fused-ring (bicyclic) bond motifs is 8. The number of rotatable bonds is 20. The number of benzene rings is 2. The number of H-pyrrole nitrogens is 2. The molecule has 4 N–H and O–H groups in total. The van der Waals surface area contributed by atoms with E-state index in [-0.39, 0.29) is 11.8 Å². The lowest BCUT2D eigenvalue weighted by Crippen LogP contribution is -2.12. The molecule has 0 fully saturated rings. The smallest absolute Gasteiger partial charge is 0.224 e. The number of carbonyl (C=O) groups is 2. The fourth-order valence-electron chi connectivity index (χ4n) is 10.7. The molecule has 0 saturated heterocycles. The van der Waals surface area contributed by atoms with Crippen LogP contribution in [0.25, 0.3) is 66.6 Å². The van der Waals surface area contributed by atoms with Gasteiger partial charge in [0, 0.05) is 57.5 Å². The molecule has 7 rings (SSSR count). The molecule has 0 atom stereocenters. The van der Waals surface area contributed by atoms with Crippen LogP contribution in [0.4, 0.5) is 11.4 Å². The molecule has 2 amide bonds. The molecule has 358 valence electrons. The molecule has 5 heterocycles. The molecule has 2 aliphatic rings. The third-order valence-corrected chi connectivity index (χ3v) is 14.4. The molecule has 2 aliphatic heterocycles. The van der Waals surface area contributed by atoms with Crippen molar-refractivity contribution in [3.63, 3.8) is 0 Å². The summed E-state index contributed by atoms with van der Waals surface area (Å²) in [7, 11) is 0. The van der Waals surface area contributed by atoms with Gasteiger partial charge < -0.3 is 20.6 Å². The standard InChI is InChI=1S/C60H76N6O2/c1-11-17-19-21-23-33-53(67)61-47-31-27-25-29-45(47)55-57-37(7)41(13-3)49(63-57)35-51-43(15-5)39(9)59(65-51)56(46-30-26-28-32-48(46)62-54(68)34-24-22-20-18-12-2)60-40(10)44(16-6)52(66-60)36-50-42(14-4)38(8)58(55)64-50/h25-32,35-36,63,66H,11-24,33-34H2,1-10H3,(H,61,67)(H,62,68). The summed E-state index contributed by atoms with van der Waals surface area (Å²) >= 11 is 0. The first-order valence-electron chi connectivity index (χ1n) is 26.0. The number of aromatic amines is 2. The molecule has 8 bridgehead atoms. The molecule has 8 nitrogen and oxygen atoms in total.